The van der Waals surface area contributed by atoms with Gasteiger partial charge in [0.1, 0.15) is 11.5 Å². The molecule has 1 aliphatic rings. The zero-order chi connectivity index (χ0) is 19.0. The predicted octanol–water partition coefficient (Wildman–Crippen LogP) is 4.60. The monoisotopic (exact) mass is 382 g/mol. The number of nitrogens with zero attached hydrogens (tertiary/aromatic N) is 3. The van der Waals surface area contributed by atoms with Crippen LogP contribution in [0.5, 0.6) is 0 Å². The van der Waals surface area contributed by atoms with E-state index < -0.39 is 11.7 Å². The van der Waals surface area contributed by atoms with Gasteiger partial charge in [-0.15, -0.1) is 0 Å². The molecular weight excluding hydrogens is 367 g/mol. The molecule has 0 saturated heterocycles. The van der Waals surface area contributed by atoms with Crippen molar-refractivity contribution >= 4 is 34.8 Å². The van der Waals surface area contributed by atoms with Crippen molar-refractivity contribution in [3.05, 3.63) is 76.8 Å². The summed E-state index contributed by atoms with van der Waals surface area (Å²) in [6.45, 7) is 2.09. The molecule has 0 bridgehead atoms. The summed E-state index contributed by atoms with van der Waals surface area (Å²) in [7, 11) is 0. The number of para-hydroxylation sites is 1. The highest BCUT2D eigenvalue weighted by molar-refractivity contribution is 6.31. The minimum atomic E-state index is -0.541. The van der Waals surface area contributed by atoms with Gasteiger partial charge in [0.25, 0.3) is 5.91 Å². The first-order valence-corrected chi connectivity index (χ1v) is 8.87. The molecule has 1 atom stereocenters. The molecular formula is C20H16ClFN4O. The Morgan fingerprint density at radius 1 is 1.26 bits per heavy atom. The molecule has 0 fully saturated rings. The molecule has 2 aromatic carbocycles. The van der Waals surface area contributed by atoms with Crippen molar-refractivity contribution in [3.8, 4) is 0 Å². The summed E-state index contributed by atoms with van der Waals surface area (Å²) in [4.78, 5) is 23.4. The number of nitrogens with one attached hydrogen (secondary N) is 1. The fourth-order valence-corrected chi connectivity index (χ4v) is 3.41. The fraction of sp³-hybridized carbons (Fsp3) is 0.150. The summed E-state index contributed by atoms with van der Waals surface area (Å²) < 4.78 is 13.3. The van der Waals surface area contributed by atoms with Gasteiger partial charge >= 0.3 is 0 Å². The summed E-state index contributed by atoms with van der Waals surface area (Å²) in [5, 5.41) is 2.62. The molecule has 4 rings (SSSR count). The maximum absolute atomic E-state index is 13.3. The Morgan fingerprint density at radius 3 is 2.89 bits per heavy atom. The molecule has 136 valence electrons. The first-order chi connectivity index (χ1) is 13.0. The molecule has 1 aromatic heterocycles. The highest BCUT2D eigenvalue weighted by Crippen LogP contribution is 2.36. The SMILES string of the molecule is CC1Cc2ccccc2N1c1nccc(C(=O)Nc2ccc(F)c(Cl)c2)n1. The fourth-order valence-electron chi connectivity index (χ4n) is 3.23. The van der Waals surface area contributed by atoms with Crippen LogP contribution >= 0.6 is 11.6 Å². The lowest BCUT2D eigenvalue weighted by molar-refractivity contribution is 0.102. The topological polar surface area (TPSA) is 58.1 Å². The van der Waals surface area contributed by atoms with Crippen LogP contribution in [0.2, 0.25) is 5.02 Å². The van der Waals surface area contributed by atoms with E-state index in [0.29, 0.717) is 11.6 Å². The number of carbonyl (C=O) groups excluding carboxylic acids is 1. The molecule has 7 heteroatoms. The van der Waals surface area contributed by atoms with Crippen LogP contribution < -0.4 is 10.2 Å². The second kappa shape index (κ2) is 6.96. The van der Waals surface area contributed by atoms with Crippen LogP contribution in [0.4, 0.5) is 21.7 Å². The quantitative estimate of drug-likeness (QED) is 0.719. The van der Waals surface area contributed by atoms with E-state index in [1.165, 1.54) is 29.8 Å². The van der Waals surface area contributed by atoms with E-state index in [-0.39, 0.29) is 16.8 Å². The van der Waals surface area contributed by atoms with Gasteiger partial charge in [0.05, 0.1) is 5.02 Å². The molecule has 0 radical (unpaired) electrons. The van der Waals surface area contributed by atoms with Gasteiger partial charge < -0.3 is 10.2 Å². The van der Waals surface area contributed by atoms with Gasteiger partial charge in [-0.3, -0.25) is 4.79 Å². The Morgan fingerprint density at radius 2 is 2.07 bits per heavy atom. The van der Waals surface area contributed by atoms with Crippen molar-refractivity contribution in [3.63, 3.8) is 0 Å². The number of fused-ring (bicyclic) bond motifs is 1. The van der Waals surface area contributed by atoms with E-state index in [1.807, 2.05) is 23.1 Å². The Labute approximate surface area is 160 Å². The summed E-state index contributed by atoms with van der Waals surface area (Å²) in [5.41, 5.74) is 2.89. The molecule has 1 amide bonds. The van der Waals surface area contributed by atoms with Gasteiger partial charge in [-0.25, -0.2) is 14.4 Å². The van der Waals surface area contributed by atoms with Gasteiger partial charge in [-0.1, -0.05) is 29.8 Å². The zero-order valence-corrected chi connectivity index (χ0v) is 15.2. The third kappa shape index (κ3) is 3.36. The first-order valence-electron chi connectivity index (χ1n) is 8.49. The smallest absolute Gasteiger partial charge is 0.274 e. The maximum atomic E-state index is 13.3. The Kier molecular flexibility index (Phi) is 4.49. The third-order valence-corrected chi connectivity index (χ3v) is 4.77. The molecule has 1 N–H and O–H groups in total. The molecule has 1 aliphatic heterocycles. The van der Waals surface area contributed by atoms with E-state index in [0.717, 1.165) is 12.1 Å². The van der Waals surface area contributed by atoms with E-state index in [1.54, 1.807) is 6.20 Å². The number of hydrogen-bond donors (Lipinski definition) is 1. The number of aromatic nitrogens is 2. The molecule has 2 heterocycles. The highest BCUT2D eigenvalue weighted by Gasteiger charge is 2.29. The predicted molar refractivity (Wildman–Crippen MR) is 103 cm³/mol. The molecule has 1 unspecified atom stereocenters. The molecule has 0 aliphatic carbocycles. The van der Waals surface area contributed by atoms with Gasteiger partial charge in [0.15, 0.2) is 0 Å². The summed E-state index contributed by atoms with van der Waals surface area (Å²) >= 11 is 5.76. The van der Waals surface area contributed by atoms with Crippen LogP contribution in [0.1, 0.15) is 23.0 Å². The van der Waals surface area contributed by atoms with Crippen molar-refractivity contribution in [1.82, 2.24) is 9.97 Å². The molecule has 0 spiro atoms. The van der Waals surface area contributed by atoms with Crippen molar-refractivity contribution in [2.45, 2.75) is 19.4 Å². The zero-order valence-electron chi connectivity index (χ0n) is 14.5. The lowest BCUT2D eigenvalue weighted by Gasteiger charge is -2.22. The molecule has 0 saturated carbocycles. The first kappa shape index (κ1) is 17.4. The largest absolute Gasteiger partial charge is 0.321 e. The summed E-state index contributed by atoms with van der Waals surface area (Å²) in [5.74, 6) is -0.487. The number of hydrogen-bond acceptors (Lipinski definition) is 4. The second-order valence-corrected chi connectivity index (χ2v) is 6.78. The number of amides is 1. The van der Waals surface area contributed by atoms with Crippen molar-refractivity contribution < 1.29 is 9.18 Å². The molecule has 27 heavy (non-hydrogen) atoms. The van der Waals surface area contributed by atoms with Crippen LogP contribution in [0.15, 0.2) is 54.7 Å². The van der Waals surface area contributed by atoms with Crippen LogP contribution in [0.25, 0.3) is 0 Å². The van der Waals surface area contributed by atoms with E-state index in [2.05, 4.69) is 28.3 Å². The van der Waals surface area contributed by atoms with Crippen molar-refractivity contribution in [2.75, 3.05) is 10.2 Å². The average Bonchev–Trinajstić information content (AvgIpc) is 3.00. The maximum Gasteiger partial charge on any atom is 0.274 e. The van der Waals surface area contributed by atoms with E-state index >= 15 is 0 Å². The van der Waals surface area contributed by atoms with Crippen LogP contribution in [-0.2, 0) is 6.42 Å². The lowest BCUT2D eigenvalue weighted by Crippen LogP contribution is -2.26. The normalized spacial score (nSPS) is 15.5. The number of carbonyl (C=O) groups is 1. The van der Waals surface area contributed by atoms with Crippen molar-refractivity contribution in [1.29, 1.82) is 0 Å². The van der Waals surface area contributed by atoms with Crippen LogP contribution in [-0.4, -0.2) is 21.9 Å². The van der Waals surface area contributed by atoms with Crippen LogP contribution in [0, 0.1) is 5.82 Å². The van der Waals surface area contributed by atoms with Crippen molar-refractivity contribution in [2.24, 2.45) is 0 Å². The Balaban J connectivity index is 1.61. The van der Waals surface area contributed by atoms with Gasteiger partial charge in [0, 0.05) is 23.6 Å². The van der Waals surface area contributed by atoms with Crippen LogP contribution in [0.3, 0.4) is 0 Å². The van der Waals surface area contributed by atoms with Gasteiger partial charge in [-0.2, -0.15) is 0 Å². The highest BCUT2D eigenvalue weighted by atomic mass is 35.5. The van der Waals surface area contributed by atoms with E-state index in [9.17, 15) is 9.18 Å². The minimum Gasteiger partial charge on any atom is -0.321 e. The van der Waals surface area contributed by atoms with Gasteiger partial charge in [-0.05, 0) is 49.2 Å². The third-order valence-electron chi connectivity index (χ3n) is 4.48. The second-order valence-electron chi connectivity index (χ2n) is 6.38. The number of anilines is 3. The standard InChI is InChI=1S/C20H16ClFN4O/c1-12-10-13-4-2-3-5-18(13)26(12)20-23-9-8-17(25-20)19(27)24-14-6-7-16(22)15(21)11-14/h2-9,11-12H,10H2,1H3,(H,24,27). The van der Waals surface area contributed by atoms with E-state index in [4.69, 9.17) is 11.6 Å². The number of halogens is 2. The Bertz CT molecular complexity index is 1030. The Hall–Kier alpha value is -2.99. The molecule has 5 nitrogen and oxygen atoms in total. The lowest BCUT2D eigenvalue weighted by atomic mass is 10.1. The number of benzene rings is 2. The minimum absolute atomic E-state index is 0.0568. The average molecular weight is 383 g/mol. The summed E-state index contributed by atoms with van der Waals surface area (Å²) in [6.07, 6.45) is 2.45. The van der Waals surface area contributed by atoms with Gasteiger partial charge in [0.2, 0.25) is 5.95 Å². The number of rotatable bonds is 3. The summed E-state index contributed by atoms with van der Waals surface area (Å²) in [6, 6.07) is 13.8. The molecule has 3 aromatic rings.